The van der Waals surface area contributed by atoms with Gasteiger partial charge in [-0.15, -0.1) is 0 Å². The van der Waals surface area contributed by atoms with Crippen LogP contribution in [0.5, 0.6) is 0 Å². The largest absolute Gasteiger partial charge is 0.385 e. The molecule has 1 aliphatic carbocycles. The Balaban J connectivity index is 2.02. The maximum Gasteiger partial charge on any atom is 0.240 e. The molecule has 0 heterocycles. The fourth-order valence-electron chi connectivity index (χ4n) is 2.13. The molecule has 1 aliphatic rings. The highest BCUT2D eigenvalue weighted by atomic mass is 79.9. The molecule has 1 saturated carbocycles. The van der Waals surface area contributed by atoms with Gasteiger partial charge in [-0.3, -0.25) is 0 Å². The minimum absolute atomic E-state index is 0.105. The van der Waals surface area contributed by atoms with Gasteiger partial charge in [-0.1, -0.05) is 15.9 Å². The zero-order valence-corrected chi connectivity index (χ0v) is 14.2. The Kier molecular flexibility index (Phi) is 4.89. The Hall–Kier alpha value is -0.430. The van der Waals surface area contributed by atoms with Crippen LogP contribution in [0, 0.1) is 12.3 Å². The van der Waals surface area contributed by atoms with E-state index in [0.29, 0.717) is 18.0 Å². The van der Waals surface area contributed by atoms with E-state index in [-0.39, 0.29) is 5.41 Å². The van der Waals surface area contributed by atoms with Gasteiger partial charge in [-0.25, -0.2) is 13.1 Å². The van der Waals surface area contributed by atoms with Crippen molar-refractivity contribution in [2.24, 2.45) is 5.41 Å². The summed E-state index contributed by atoms with van der Waals surface area (Å²) < 4.78 is 33.3. The van der Waals surface area contributed by atoms with Crippen LogP contribution < -0.4 is 4.72 Å². The molecule has 0 amide bonds. The lowest BCUT2D eigenvalue weighted by atomic mass is 10.0. The van der Waals surface area contributed by atoms with Gasteiger partial charge in [0.05, 0.1) is 4.90 Å². The van der Waals surface area contributed by atoms with Gasteiger partial charge < -0.3 is 4.74 Å². The number of benzene rings is 1. The number of hydrogen-bond acceptors (Lipinski definition) is 3. The number of rotatable bonds is 7. The lowest BCUT2D eigenvalue weighted by Crippen LogP contribution is -2.31. The predicted molar refractivity (Wildman–Crippen MR) is 82.2 cm³/mol. The number of hydrogen-bond donors (Lipinski definition) is 1. The third-order valence-electron chi connectivity index (χ3n) is 3.87. The first-order valence-electron chi connectivity index (χ1n) is 6.63. The number of halogens is 1. The van der Waals surface area contributed by atoms with E-state index in [4.69, 9.17) is 4.74 Å². The molecule has 0 aliphatic heterocycles. The SMILES string of the molecule is COCCC1(CNS(=O)(=O)c2ccc(Br)c(C)c2)CC1. The van der Waals surface area contributed by atoms with Crippen molar-refractivity contribution >= 4 is 26.0 Å². The number of nitrogens with one attached hydrogen (secondary N) is 1. The van der Waals surface area contributed by atoms with Crippen molar-refractivity contribution in [3.8, 4) is 0 Å². The molecule has 1 aromatic carbocycles. The second-order valence-electron chi connectivity index (χ2n) is 5.48. The van der Waals surface area contributed by atoms with E-state index in [1.165, 1.54) is 0 Å². The smallest absolute Gasteiger partial charge is 0.240 e. The molecule has 4 nitrogen and oxygen atoms in total. The van der Waals surface area contributed by atoms with Gasteiger partial charge in [-0.05, 0) is 55.4 Å². The molecule has 6 heteroatoms. The van der Waals surface area contributed by atoms with Crippen molar-refractivity contribution in [3.63, 3.8) is 0 Å². The number of aryl methyl sites for hydroxylation is 1. The number of methoxy groups -OCH3 is 1. The van der Waals surface area contributed by atoms with E-state index < -0.39 is 10.0 Å². The summed E-state index contributed by atoms with van der Waals surface area (Å²) >= 11 is 3.38. The first kappa shape index (κ1) is 15.9. The van der Waals surface area contributed by atoms with Crippen molar-refractivity contribution in [1.29, 1.82) is 0 Å². The zero-order chi connectivity index (χ0) is 14.8. The van der Waals surface area contributed by atoms with Crippen molar-refractivity contribution in [2.45, 2.75) is 31.1 Å². The average molecular weight is 362 g/mol. The molecule has 0 bridgehead atoms. The summed E-state index contributed by atoms with van der Waals surface area (Å²) in [6, 6.07) is 5.07. The van der Waals surface area contributed by atoms with Crippen LogP contribution in [0.4, 0.5) is 0 Å². The third-order valence-corrected chi connectivity index (χ3v) is 6.16. The topological polar surface area (TPSA) is 55.4 Å². The van der Waals surface area contributed by atoms with Gasteiger partial charge in [0.15, 0.2) is 0 Å². The average Bonchev–Trinajstić information content (AvgIpc) is 3.18. The summed E-state index contributed by atoms with van der Waals surface area (Å²) in [6.07, 6.45) is 3.04. The number of sulfonamides is 1. The number of ether oxygens (including phenoxy) is 1. The maximum atomic E-state index is 12.3. The Morgan fingerprint density at radius 1 is 1.40 bits per heavy atom. The quantitative estimate of drug-likeness (QED) is 0.812. The molecule has 0 atom stereocenters. The maximum absolute atomic E-state index is 12.3. The van der Waals surface area contributed by atoms with E-state index in [2.05, 4.69) is 20.7 Å². The molecule has 1 N–H and O–H groups in total. The van der Waals surface area contributed by atoms with E-state index >= 15 is 0 Å². The molecule has 112 valence electrons. The lowest BCUT2D eigenvalue weighted by Gasteiger charge is -2.16. The molecule has 1 fully saturated rings. The van der Waals surface area contributed by atoms with Crippen molar-refractivity contribution in [2.75, 3.05) is 20.3 Å². The summed E-state index contributed by atoms with van der Waals surface area (Å²) in [7, 11) is -1.76. The molecule has 0 aromatic heterocycles. The van der Waals surface area contributed by atoms with Crippen LogP contribution >= 0.6 is 15.9 Å². The molecule has 20 heavy (non-hydrogen) atoms. The molecule has 0 radical (unpaired) electrons. The van der Waals surface area contributed by atoms with Crippen molar-refractivity contribution < 1.29 is 13.2 Å². The van der Waals surface area contributed by atoms with Crippen LogP contribution in [0.2, 0.25) is 0 Å². The Bertz CT molecular complexity index is 582. The predicted octanol–water partition coefficient (Wildman–Crippen LogP) is 2.85. The van der Waals surface area contributed by atoms with Gasteiger partial charge in [0.25, 0.3) is 0 Å². The van der Waals surface area contributed by atoms with Crippen molar-refractivity contribution in [3.05, 3.63) is 28.2 Å². The Morgan fingerprint density at radius 2 is 2.10 bits per heavy atom. The van der Waals surface area contributed by atoms with Gasteiger partial charge in [-0.2, -0.15) is 0 Å². The van der Waals surface area contributed by atoms with E-state index in [1.807, 2.05) is 6.92 Å². The van der Waals surface area contributed by atoms with Gasteiger partial charge in [0.1, 0.15) is 0 Å². The molecule has 0 saturated heterocycles. The second kappa shape index (κ2) is 6.13. The summed E-state index contributed by atoms with van der Waals surface area (Å²) in [5, 5.41) is 0. The van der Waals surface area contributed by atoms with Gasteiger partial charge in [0.2, 0.25) is 10.0 Å². The van der Waals surface area contributed by atoms with Gasteiger partial charge in [0, 0.05) is 24.7 Å². The fraction of sp³-hybridized carbons (Fsp3) is 0.571. The molecular weight excluding hydrogens is 342 g/mol. The van der Waals surface area contributed by atoms with Gasteiger partial charge >= 0.3 is 0 Å². The highest BCUT2D eigenvalue weighted by molar-refractivity contribution is 9.10. The van der Waals surface area contributed by atoms with Crippen LogP contribution in [0.15, 0.2) is 27.6 Å². The molecule has 0 unspecified atom stereocenters. The summed E-state index contributed by atoms with van der Waals surface area (Å²) in [4.78, 5) is 0.320. The van der Waals surface area contributed by atoms with E-state index in [9.17, 15) is 8.42 Å². The van der Waals surface area contributed by atoms with Crippen LogP contribution in [0.1, 0.15) is 24.8 Å². The van der Waals surface area contributed by atoms with E-state index in [1.54, 1.807) is 25.3 Å². The first-order valence-corrected chi connectivity index (χ1v) is 8.91. The minimum atomic E-state index is -3.43. The fourth-order valence-corrected chi connectivity index (χ4v) is 3.61. The molecule has 0 spiro atoms. The molecular formula is C14H20BrNO3S. The summed E-state index contributed by atoms with van der Waals surface area (Å²) in [5.41, 5.74) is 1.02. The first-order chi connectivity index (χ1) is 9.38. The van der Waals surface area contributed by atoms with Crippen LogP contribution in [-0.4, -0.2) is 28.7 Å². The van der Waals surface area contributed by atoms with Crippen molar-refractivity contribution in [1.82, 2.24) is 4.72 Å². The Morgan fingerprint density at radius 3 is 2.65 bits per heavy atom. The highest BCUT2D eigenvalue weighted by Gasteiger charge is 2.42. The van der Waals surface area contributed by atoms with Crippen LogP contribution in [0.3, 0.4) is 0 Å². The monoisotopic (exact) mass is 361 g/mol. The molecule has 2 rings (SSSR count). The minimum Gasteiger partial charge on any atom is -0.385 e. The highest BCUT2D eigenvalue weighted by Crippen LogP contribution is 2.48. The lowest BCUT2D eigenvalue weighted by molar-refractivity contribution is 0.173. The second-order valence-corrected chi connectivity index (χ2v) is 8.10. The zero-order valence-electron chi connectivity index (χ0n) is 11.8. The molecule has 1 aromatic rings. The normalized spacial score (nSPS) is 17.1. The Labute approximate surface area is 129 Å². The summed E-state index contributed by atoms with van der Waals surface area (Å²) in [6.45, 7) is 3.05. The van der Waals surface area contributed by atoms with Crippen LogP contribution in [0.25, 0.3) is 0 Å². The van der Waals surface area contributed by atoms with Crippen LogP contribution in [-0.2, 0) is 14.8 Å². The summed E-state index contributed by atoms with van der Waals surface area (Å²) in [5.74, 6) is 0. The standard InChI is InChI=1S/C14H20BrNO3S/c1-11-9-12(3-4-13(11)15)20(17,18)16-10-14(5-6-14)7-8-19-2/h3-4,9,16H,5-8,10H2,1-2H3. The third kappa shape index (κ3) is 3.81. The van der Waals surface area contributed by atoms with E-state index in [0.717, 1.165) is 29.3 Å².